The zero-order valence-corrected chi connectivity index (χ0v) is 16.9. The lowest BCUT2D eigenvalue weighted by atomic mass is 10.0. The first-order chi connectivity index (χ1) is 14.0. The lowest BCUT2D eigenvalue weighted by Crippen LogP contribution is -2.11. The molecule has 0 saturated carbocycles. The van der Waals surface area contributed by atoms with Crippen molar-refractivity contribution in [2.24, 2.45) is 0 Å². The summed E-state index contributed by atoms with van der Waals surface area (Å²) in [6.07, 6.45) is 0. The maximum absolute atomic E-state index is 13.4. The summed E-state index contributed by atoms with van der Waals surface area (Å²) in [5, 5.41) is 3.29. The van der Waals surface area contributed by atoms with E-state index in [2.05, 4.69) is 34.6 Å². The van der Waals surface area contributed by atoms with Gasteiger partial charge in [0.1, 0.15) is 5.82 Å². The van der Waals surface area contributed by atoms with Crippen molar-refractivity contribution in [3.63, 3.8) is 0 Å². The van der Waals surface area contributed by atoms with Crippen LogP contribution in [0.25, 0.3) is 21.7 Å². The molecule has 4 aromatic rings. The zero-order chi connectivity index (χ0) is 20.4. The fourth-order valence-electron chi connectivity index (χ4n) is 2.98. The molecule has 0 fully saturated rings. The molecule has 0 aliphatic rings. The van der Waals surface area contributed by atoms with Gasteiger partial charge in [-0.3, -0.25) is 10.1 Å². The maximum atomic E-state index is 13.4. The van der Waals surface area contributed by atoms with Crippen LogP contribution < -0.4 is 5.32 Å². The lowest BCUT2D eigenvalue weighted by molar-refractivity contribution is 0.102. The average molecular weight is 402 g/mol. The van der Waals surface area contributed by atoms with Crippen molar-refractivity contribution in [1.82, 2.24) is 4.98 Å². The van der Waals surface area contributed by atoms with E-state index in [1.807, 2.05) is 38.1 Å². The Bertz CT molecular complexity index is 1100. The topological polar surface area (TPSA) is 42.0 Å². The number of halogens is 1. The molecule has 0 saturated heterocycles. The molecule has 0 aliphatic carbocycles. The van der Waals surface area contributed by atoms with Gasteiger partial charge in [-0.25, -0.2) is 9.37 Å². The number of anilines is 1. The lowest BCUT2D eigenvalue weighted by Gasteiger charge is -2.04. The monoisotopic (exact) mass is 402 g/mol. The van der Waals surface area contributed by atoms with Gasteiger partial charge in [0.05, 0.1) is 10.6 Å². The first kappa shape index (κ1) is 19.0. The molecule has 144 valence electrons. The molecule has 1 N–H and O–H groups in total. The van der Waals surface area contributed by atoms with Gasteiger partial charge in [-0.2, -0.15) is 0 Å². The Balaban J connectivity index is 1.73. The Morgan fingerprint density at radius 2 is 1.52 bits per heavy atom. The molecule has 0 aliphatic heterocycles. The van der Waals surface area contributed by atoms with E-state index in [0.29, 0.717) is 5.13 Å². The molecule has 3 nitrogen and oxygen atoms in total. The number of amides is 1. The van der Waals surface area contributed by atoms with Gasteiger partial charge in [-0.15, -0.1) is 0 Å². The maximum Gasteiger partial charge on any atom is 0.257 e. The largest absolute Gasteiger partial charge is 0.298 e. The second kappa shape index (κ2) is 7.97. The normalized spacial score (nSPS) is 10.7. The van der Waals surface area contributed by atoms with Crippen molar-refractivity contribution in [1.29, 1.82) is 0 Å². The molecule has 0 bridgehead atoms. The summed E-state index contributed by atoms with van der Waals surface area (Å²) in [4.78, 5) is 18.2. The predicted octanol–water partition coefficient (Wildman–Crippen LogP) is 6.49. The van der Waals surface area contributed by atoms with E-state index in [0.717, 1.165) is 21.7 Å². The van der Waals surface area contributed by atoms with Crippen molar-refractivity contribution >= 4 is 22.4 Å². The SMILES string of the molecule is Cc1ccc(-c2nc(NC(=O)c3cccc(F)c3)sc2-c2ccc(C)cc2)cc1. The van der Waals surface area contributed by atoms with E-state index in [1.54, 1.807) is 6.07 Å². The first-order valence-corrected chi connectivity index (χ1v) is 10.0. The van der Waals surface area contributed by atoms with Crippen LogP contribution in [-0.4, -0.2) is 10.9 Å². The van der Waals surface area contributed by atoms with E-state index < -0.39 is 5.82 Å². The number of nitrogens with zero attached hydrogens (tertiary/aromatic N) is 1. The van der Waals surface area contributed by atoms with Gasteiger partial charge < -0.3 is 0 Å². The fraction of sp³-hybridized carbons (Fsp3) is 0.0833. The highest BCUT2D eigenvalue weighted by molar-refractivity contribution is 7.19. The highest BCUT2D eigenvalue weighted by Crippen LogP contribution is 2.39. The van der Waals surface area contributed by atoms with Crippen LogP contribution in [0.1, 0.15) is 21.5 Å². The Morgan fingerprint density at radius 3 is 2.14 bits per heavy atom. The third-order valence-corrected chi connectivity index (χ3v) is 5.59. The summed E-state index contributed by atoms with van der Waals surface area (Å²) >= 11 is 1.41. The molecular weight excluding hydrogens is 383 g/mol. The first-order valence-electron chi connectivity index (χ1n) is 9.21. The van der Waals surface area contributed by atoms with Crippen LogP contribution in [0.3, 0.4) is 0 Å². The van der Waals surface area contributed by atoms with E-state index in [4.69, 9.17) is 0 Å². The third-order valence-electron chi connectivity index (χ3n) is 4.57. The summed E-state index contributed by atoms with van der Waals surface area (Å²) in [5.41, 5.74) is 5.43. The minimum absolute atomic E-state index is 0.258. The molecule has 1 amide bonds. The molecule has 0 spiro atoms. The Hall–Kier alpha value is -3.31. The van der Waals surface area contributed by atoms with Gasteiger partial charge >= 0.3 is 0 Å². The van der Waals surface area contributed by atoms with Crippen molar-refractivity contribution in [2.75, 3.05) is 5.32 Å². The molecule has 0 radical (unpaired) electrons. The van der Waals surface area contributed by atoms with Crippen LogP contribution in [0.15, 0.2) is 72.8 Å². The molecule has 5 heteroatoms. The quantitative estimate of drug-likeness (QED) is 0.424. The number of hydrogen-bond acceptors (Lipinski definition) is 3. The number of hydrogen-bond donors (Lipinski definition) is 1. The number of carbonyl (C=O) groups excluding carboxylic acids is 1. The van der Waals surface area contributed by atoms with Gasteiger partial charge in [-0.1, -0.05) is 77.1 Å². The number of carbonyl (C=O) groups is 1. The number of aromatic nitrogens is 1. The van der Waals surface area contributed by atoms with Crippen molar-refractivity contribution < 1.29 is 9.18 Å². The summed E-state index contributed by atoms with van der Waals surface area (Å²) in [6, 6.07) is 22.0. The van der Waals surface area contributed by atoms with Gasteiger partial charge in [0.15, 0.2) is 5.13 Å². The number of rotatable bonds is 4. The second-order valence-electron chi connectivity index (χ2n) is 6.89. The van der Waals surface area contributed by atoms with Gasteiger partial charge in [-0.05, 0) is 37.6 Å². The van der Waals surface area contributed by atoms with Gasteiger partial charge in [0, 0.05) is 11.1 Å². The van der Waals surface area contributed by atoms with E-state index in [9.17, 15) is 9.18 Å². The minimum atomic E-state index is -0.447. The van der Waals surface area contributed by atoms with Crippen LogP contribution in [0, 0.1) is 19.7 Å². The van der Waals surface area contributed by atoms with Crippen LogP contribution >= 0.6 is 11.3 Å². The number of thiazole rings is 1. The molecule has 1 heterocycles. The molecule has 29 heavy (non-hydrogen) atoms. The zero-order valence-electron chi connectivity index (χ0n) is 16.1. The highest BCUT2D eigenvalue weighted by Gasteiger charge is 2.17. The standard InChI is InChI=1S/C24H19FN2OS/c1-15-6-10-17(11-7-15)21-22(18-12-8-16(2)9-13-18)29-24(26-21)27-23(28)19-4-3-5-20(25)14-19/h3-14H,1-2H3,(H,26,27,28). The third kappa shape index (κ3) is 4.25. The molecule has 0 atom stereocenters. The molecule has 1 aromatic heterocycles. The van der Waals surface area contributed by atoms with E-state index in [1.165, 1.54) is 40.7 Å². The summed E-state index contributed by atoms with van der Waals surface area (Å²) in [7, 11) is 0. The van der Waals surface area contributed by atoms with Gasteiger partial charge in [0.25, 0.3) is 5.91 Å². The smallest absolute Gasteiger partial charge is 0.257 e. The molecule has 4 rings (SSSR count). The summed E-state index contributed by atoms with van der Waals surface area (Å²) in [6.45, 7) is 4.08. The van der Waals surface area contributed by atoms with Crippen LogP contribution in [0.5, 0.6) is 0 Å². The second-order valence-corrected chi connectivity index (χ2v) is 7.89. The fourth-order valence-corrected chi connectivity index (χ4v) is 3.97. The van der Waals surface area contributed by atoms with Crippen LogP contribution in [-0.2, 0) is 0 Å². The Morgan fingerprint density at radius 1 is 0.897 bits per heavy atom. The Kier molecular flexibility index (Phi) is 5.23. The van der Waals surface area contributed by atoms with Crippen LogP contribution in [0.4, 0.5) is 9.52 Å². The number of nitrogens with one attached hydrogen (secondary N) is 1. The van der Waals surface area contributed by atoms with Crippen molar-refractivity contribution in [3.05, 3.63) is 95.3 Å². The molecule has 0 unspecified atom stereocenters. The summed E-state index contributed by atoms with van der Waals surface area (Å²) < 4.78 is 13.4. The molecule has 3 aromatic carbocycles. The van der Waals surface area contributed by atoms with E-state index in [-0.39, 0.29) is 11.5 Å². The predicted molar refractivity (Wildman–Crippen MR) is 117 cm³/mol. The van der Waals surface area contributed by atoms with Crippen molar-refractivity contribution in [3.8, 4) is 21.7 Å². The van der Waals surface area contributed by atoms with E-state index >= 15 is 0 Å². The highest BCUT2D eigenvalue weighted by atomic mass is 32.1. The minimum Gasteiger partial charge on any atom is -0.298 e. The summed E-state index contributed by atoms with van der Waals surface area (Å²) in [5.74, 6) is -0.832. The van der Waals surface area contributed by atoms with Crippen molar-refractivity contribution in [2.45, 2.75) is 13.8 Å². The Labute approximate surface area is 172 Å². The number of aryl methyl sites for hydroxylation is 2. The molecular formula is C24H19FN2OS. The number of benzene rings is 3. The average Bonchev–Trinajstić information content (AvgIpc) is 3.13. The van der Waals surface area contributed by atoms with Gasteiger partial charge in [0.2, 0.25) is 0 Å². The van der Waals surface area contributed by atoms with Crippen LogP contribution in [0.2, 0.25) is 0 Å².